The summed E-state index contributed by atoms with van der Waals surface area (Å²) < 4.78 is 11.8. The molecule has 0 bridgehead atoms. The number of hydrogen-bond donors (Lipinski definition) is 1. The first-order chi connectivity index (χ1) is 10.6. The highest BCUT2D eigenvalue weighted by atomic mass is 16.6. The van der Waals surface area contributed by atoms with Crippen molar-refractivity contribution in [1.82, 2.24) is 5.32 Å². The van der Waals surface area contributed by atoms with Gasteiger partial charge in [0.15, 0.2) is 0 Å². The highest BCUT2D eigenvalue weighted by Crippen LogP contribution is 2.50. The van der Waals surface area contributed by atoms with E-state index in [4.69, 9.17) is 9.47 Å². The van der Waals surface area contributed by atoms with Crippen molar-refractivity contribution in [3.63, 3.8) is 0 Å². The smallest absolute Gasteiger partial charge is 0.311 e. The second-order valence-electron chi connectivity index (χ2n) is 7.83. The molecule has 22 heavy (non-hydrogen) atoms. The lowest BCUT2D eigenvalue weighted by molar-refractivity contribution is -0.144. The summed E-state index contributed by atoms with van der Waals surface area (Å²) in [6.45, 7) is 5.15. The van der Waals surface area contributed by atoms with E-state index in [-0.39, 0.29) is 29.7 Å². The van der Waals surface area contributed by atoms with E-state index in [1.165, 1.54) is 18.4 Å². The van der Waals surface area contributed by atoms with Gasteiger partial charge in [-0.3, -0.25) is 4.79 Å². The van der Waals surface area contributed by atoms with Crippen molar-refractivity contribution in [2.75, 3.05) is 6.54 Å². The standard InChI is InChI=1S/C18H27NO3/c1-11-4-3-9-18(2)16(22-18)15-13(8-5-11)14(17(20)21-15)10-19-12-6-7-12/h4,12-16,19H,3,5-10H2,1-2H3/t13-,14-,15-,16-,18+/m0/s1. The summed E-state index contributed by atoms with van der Waals surface area (Å²) in [6, 6.07) is 0.635. The second-order valence-corrected chi connectivity index (χ2v) is 7.83. The molecule has 2 saturated heterocycles. The summed E-state index contributed by atoms with van der Waals surface area (Å²) >= 11 is 0. The van der Waals surface area contributed by atoms with Crippen molar-refractivity contribution in [3.05, 3.63) is 11.6 Å². The van der Waals surface area contributed by atoms with Gasteiger partial charge in [-0.25, -0.2) is 0 Å². The number of nitrogens with one attached hydrogen (secondary N) is 1. The normalized spacial score (nSPS) is 44.6. The van der Waals surface area contributed by atoms with Crippen LogP contribution in [0.3, 0.4) is 0 Å². The largest absolute Gasteiger partial charge is 0.459 e. The molecule has 1 saturated carbocycles. The van der Waals surface area contributed by atoms with Gasteiger partial charge in [-0.15, -0.1) is 0 Å². The molecule has 0 amide bonds. The van der Waals surface area contributed by atoms with Gasteiger partial charge < -0.3 is 14.8 Å². The Hall–Kier alpha value is -0.870. The Morgan fingerprint density at radius 1 is 1.36 bits per heavy atom. The lowest BCUT2D eigenvalue weighted by Gasteiger charge is -2.22. The quantitative estimate of drug-likeness (QED) is 0.495. The molecule has 5 atom stereocenters. The number of carbonyl (C=O) groups excluding carboxylic acids is 1. The fourth-order valence-corrected chi connectivity index (χ4v) is 4.15. The number of carbonyl (C=O) groups is 1. The molecule has 3 fully saturated rings. The van der Waals surface area contributed by atoms with Crippen LogP contribution in [0, 0.1) is 11.8 Å². The fourth-order valence-electron chi connectivity index (χ4n) is 4.15. The zero-order chi connectivity index (χ0) is 15.3. The van der Waals surface area contributed by atoms with Crippen LogP contribution in [-0.2, 0) is 14.3 Å². The first-order valence-corrected chi connectivity index (χ1v) is 8.84. The van der Waals surface area contributed by atoms with Gasteiger partial charge in [0.05, 0.1) is 11.5 Å². The highest BCUT2D eigenvalue weighted by Gasteiger charge is 2.62. The third kappa shape index (κ3) is 2.71. The Bertz CT molecular complexity index is 499. The van der Waals surface area contributed by atoms with E-state index in [0.29, 0.717) is 12.0 Å². The summed E-state index contributed by atoms with van der Waals surface area (Å²) in [5, 5.41) is 3.52. The van der Waals surface area contributed by atoms with E-state index < -0.39 is 0 Å². The van der Waals surface area contributed by atoms with Crippen LogP contribution in [0.2, 0.25) is 0 Å². The summed E-state index contributed by atoms with van der Waals surface area (Å²) in [6.07, 6.45) is 9.13. The Morgan fingerprint density at radius 3 is 2.95 bits per heavy atom. The lowest BCUT2D eigenvalue weighted by Crippen LogP contribution is -2.35. The van der Waals surface area contributed by atoms with Gasteiger partial charge in [-0.2, -0.15) is 0 Å². The van der Waals surface area contributed by atoms with Crippen LogP contribution in [-0.4, -0.2) is 36.4 Å². The molecule has 0 aromatic heterocycles. The van der Waals surface area contributed by atoms with Crippen LogP contribution in [0.5, 0.6) is 0 Å². The predicted molar refractivity (Wildman–Crippen MR) is 83.4 cm³/mol. The van der Waals surface area contributed by atoms with Gasteiger partial charge in [0, 0.05) is 18.5 Å². The van der Waals surface area contributed by atoms with E-state index in [1.54, 1.807) is 0 Å². The molecule has 122 valence electrons. The van der Waals surface area contributed by atoms with Gasteiger partial charge >= 0.3 is 5.97 Å². The molecular formula is C18H27NO3. The van der Waals surface area contributed by atoms with Crippen molar-refractivity contribution < 1.29 is 14.3 Å². The first-order valence-electron chi connectivity index (χ1n) is 8.84. The van der Waals surface area contributed by atoms with E-state index >= 15 is 0 Å². The zero-order valence-corrected chi connectivity index (χ0v) is 13.6. The molecule has 2 heterocycles. The fraction of sp³-hybridized carbons (Fsp3) is 0.833. The van der Waals surface area contributed by atoms with Crippen molar-refractivity contribution >= 4 is 5.97 Å². The van der Waals surface area contributed by atoms with Crippen LogP contribution >= 0.6 is 0 Å². The van der Waals surface area contributed by atoms with Crippen molar-refractivity contribution in [3.8, 4) is 0 Å². The predicted octanol–water partition coefficient (Wildman–Crippen LogP) is 2.57. The Labute approximate surface area is 132 Å². The van der Waals surface area contributed by atoms with Gasteiger partial charge in [0.2, 0.25) is 0 Å². The molecule has 4 nitrogen and oxygen atoms in total. The lowest BCUT2D eigenvalue weighted by atomic mass is 9.80. The maximum absolute atomic E-state index is 12.4. The number of fused-ring (bicyclic) bond motifs is 3. The molecule has 1 N–H and O–H groups in total. The maximum atomic E-state index is 12.4. The summed E-state index contributed by atoms with van der Waals surface area (Å²) in [7, 11) is 0. The minimum atomic E-state index is -0.0872. The zero-order valence-electron chi connectivity index (χ0n) is 13.6. The van der Waals surface area contributed by atoms with Crippen molar-refractivity contribution in [1.29, 1.82) is 0 Å². The molecule has 0 radical (unpaired) electrons. The van der Waals surface area contributed by atoms with Crippen LogP contribution < -0.4 is 5.32 Å². The van der Waals surface area contributed by atoms with E-state index in [1.807, 2.05) is 0 Å². The molecule has 2 aliphatic heterocycles. The number of esters is 1. The van der Waals surface area contributed by atoms with E-state index in [9.17, 15) is 4.79 Å². The molecule has 4 heteroatoms. The summed E-state index contributed by atoms with van der Waals surface area (Å²) in [5.74, 6) is 0.292. The molecule has 0 spiro atoms. The number of rotatable bonds is 3. The molecule has 4 rings (SSSR count). The van der Waals surface area contributed by atoms with E-state index in [2.05, 4.69) is 25.2 Å². The van der Waals surface area contributed by atoms with Crippen molar-refractivity contribution in [2.45, 2.75) is 76.2 Å². The average Bonchev–Trinajstić information content (AvgIpc) is 3.37. The first kappa shape index (κ1) is 14.7. The van der Waals surface area contributed by atoms with Gasteiger partial charge in [-0.05, 0) is 52.4 Å². The number of epoxide rings is 1. The monoisotopic (exact) mass is 305 g/mol. The van der Waals surface area contributed by atoms with Crippen LogP contribution in [0.1, 0.15) is 52.4 Å². The van der Waals surface area contributed by atoms with Crippen LogP contribution in [0.15, 0.2) is 11.6 Å². The number of ether oxygens (including phenoxy) is 2. The third-order valence-electron chi connectivity index (χ3n) is 5.94. The Morgan fingerprint density at radius 2 is 2.18 bits per heavy atom. The van der Waals surface area contributed by atoms with E-state index in [0.717, 1.165) is 32.2 Å². The number of hydrogen-bond acceptors (Lipinski definition) is 4. The van der Waals surface area contributed by atoms with Crippen LogP contribution in [0.25, 0.3) is 0 Å². The highest BCUT2D eigenvalue weighted by molar-refractivity contribution is 5.75. The molecule has 0 aromatic rings. The van der Waals surface area contributed by atoms with Gasteiger partial charge in [-0.1, -0.05) is 11.6 Å². The van der Waals surface area contributed by atoms with Gasteiger partial charge in [0.1, 0.15) is 12.2 Å². The Balaban J connectivity index is 1.52. The average molecular weight is 305 g/mol. The maximum Gasteiger partial charge on any atom is 0.311 e. The Kier molecular flexibility index (Phi) is 3.57. The molecular weight excluding hydrogens is 278 g/mol. The minimum absolute atomic E-state index is 0.00581. The molecule has 0 unspecified atom stereocenters. The minimum Gasteiger partial charge on any atom is -0.459 e. The number of allylic oxidation sites excluding steroid dienone is 2. The molecule has 0 aromatic carbocycles. The molecule has 2 aliphatic carbocycles. The third-order valence-corrected chi connectivity index (χ3v) is 5.94. The SMILES string of the molecule is CC1=CCC[C@@]2(C)O[C@H]2[C@H]2OC(=O)[C@@H](CNC3CC3)[C@@H]2CC1. The van der Waals surface area contributed by atoms with Crippen LogP contribution in [0.4, 0.5) is 0 Å². The molecule has 4 aliphatic rings. The second kappa shape index (κ2) is 5.34. The summed E-state index contributed by atoms with van der Waals surface area (Å²) in [4.78, 5) is 12.4. The summed E-state index contributed by atoms with van der Waals surface area (Å²) in [5.41, 5.74) is 1.35. The topological polar surface area (TPSA) is 50.9 Å². The van der Waals surface area contributed by atoms with Gasteiger partial charge in [0.25, 0.3) is 0 Å². The van der Waals surface area contributed by atoms with Crippen molar-refractivity contribution in [2.24, 2.45) is 11.8 Å².